The highest BCUT2D eigenvalue weighted by atomic mass is 32.1. The Morgan fingerprint density at radius 3 is 3.11 bits per heavy atom. The molecule has 0 bridgehead atoms. The lowest BCUT2D eigenvalue weighted by atomic mass is 9.98. The first-order valence-corrected chi connectivity index (χ1v) is 7.59. The van der Waals surface area contributed by atoms with Gasteiger partial charge in [0.15, 0.2) is 0 Å². The van der Waals surface area contributed by atoms with Crippen LogP contribution in [-0.2, 0) is 6.54 Å². The molecule has 19 heavy (non-hydrogen) atoms. The van der Waals surface area contributed by atoms with E-state index >= 15 is 0 Å². The van der Waals surface area contributed by atoms with Crippen molar-refractivity contribution in [3.63, 3.8) is 0 Å². The number of piperidine rings is 1. The molecular formula is C14H18N4S. The predicted molar refractivity (Wildman–Crippen MR) is 76.1 cm³/mol. The van der Waals surface area contributed by atoms with E-state index in [1.807, 2.05) is 25.4 Å². The lowest BCUT2D eigenvalue weighted by molar-refractivity contribution is 0.198. The van der Waals surface area contributed by atoms with Gasteiger partial charge in [-0.1, -0.05) is 0 Å². The Morgan fingerprint density at radius 1 is 1.37 bits per heavy atom. The van der Waals surface area contributed by atoms with Crippen LogP contribution >= 0.6 is 11.3 Å². The number of hydrogen-bond donors (Lipinski definition) is 0. The van der Waals surface area contributed by atoms with Gasteiger partial charge >= 0.3 is 0 Å². The van der Waals surface area contributed by atoms with Crippen molar-refractivity contribution in [3.05, 3.63) is 40.4 Å². The molecule has 3 heterocycles. The van der Waals surface area contributed by atoms with E-state index in [1.54, 1.807) is 11.3 Å². The van der Waals surface area contributed by atoms with Gasteiger partial charge in [-0.25, -0.2) is 15.0 Å². The molecule has 5 heteroatoms. The van der Waals surface area contributed by atoms with Crippen LogP contribution in [0.1, 0.15) is 35.3 Å². The summed E-state index contributed by atoms with van der Waals surface area (Å²) in [5.74, 6) is 1.45. The maximum Gasteiger partial charge on any atom is 0.125 e. The largest absolute Gasteiger partial charge is 0.297 e. The number of likely N-dealkylation sites (tertiary alicyclic amines) is 1. The van der Waals surface area contributed by atoms with Crippen LogP contribution in [0.2, 0.25) is 0 Å². The Hall–Kier alpha value is -1.33. The molecule has 0 N–H and O–H groups in total. The van der Waals surface area contributed by atoms with E-state index in [2.05, 4.69) is 25.2 Å². The van der Waals surface area contributed by atoms with Crippen molar-refractivity contribution >= 4 is 11.3 Å². The fourth-order valence-electron chi connectivity index (χ4n) is 2.66. The molecule has 0 unspecified atom stereocenters. The van der Waals surface area contributed by atoms with Gasteiger partial charge in [0.05, 0.1) is 10.7 Å². The van der Waals surface area contributed by atoms with E-state index < -0.39 is 0 Å². The van der Waals surface area contributed by atoms with E-state index in [9.17, 15) is 0 Å². The molecule has 1 aliphatic rings. The third-order valence-electron chi connectivity index (χ3n) is 3.53. The van der Waals surface area contributed by atoms with E-state index in [-0.39, 0.29) is 0 Å². The number of aryl methyl sites for hydroxylation is 1. The number of aromatic nitrogens is 3. The van der Waals surface area contributed by atoms with Crippen molar-refractivity contribution in [1.29, 1.82) is 0 Å². The number of hydrogen-bond acceptors (Lipinski definition) is 5. The fraction of sp³-hybridized carbons (Fsp3) is 0.500. The first-order valence-electron chi connectivity index (χ1n) is 6.71. The molecule has 0 saturated carbocycles. The maximum atomic E-state index is 4.49. The van der Waals surface area contributed by atoms with Gasteiger partial charge in [0.2, 0.25) is 0 Å². The van der Waals surface area contributed by atoms with Gasteiger partial charge in [0, 0.05) is 36.8 Å². The monoisotopic (exact) mass is 274 g/mol. The van der Waals surface area contributed by atoms with Crippen molar-refractivity contribution in [1.82, 2.24) is 19.9 Å². The molecule has 100 valence electrons. The standard InChI is InChI=1S/C14H18N4S/c1-11-15-5-4-13(17-11)10-18-7-2-3-12(9-18)14-16-6-8-19-14/h4-6,8,12H,2-3,7,9-10H2,1H3/t12-/m1/s1. The molecular weight excluding hydrogens is 256 g/mol. The number of thiazole rings is 1. The maximum absolute atomic E-state index is 4.49. The summed E-state index contributed by atoms with van der Waals surface area (Å²) < 4.78 is 0. The van der Waals surface area contributed by atoms with Gasteiger partial charge < -0.3 is 0 Å². The Balaban J connectivity index is 1.65. The molecule has 2 aromatic heterocycles. The number of nitrogens with zero attached hydrogens (tertiary/aromatic N) is 4. The summed E-state index contributed by atoms with van der Waals surface area (Å²) in [6.07, 6.45) is 6.26. The summed E-state index contributed by atoms with van der Waals surface area (Å²) in [7, 11) is 0. The Bertz CT molecular complexity index is 526. The van der Waals surface area contributed by atoms with Gasteiger partial charge in [-0.05, 0) is 32.4 Å². The van der Waals surface area contributed by atoms with Crippen molar-refractivity contribution in [2.45, 2.75) is 32.2 Å². The van der Waals surface area contributed by atoms with Gasteiger partial charge in [0.25, 0.3) is 0 Å². The lowest BCUT2D eigenvalue weighted by Gasteiger charge is -2.31. The minimum absolute atomic E-state index is 0.594. The summed E-state index contributed by atoms with van der Waals surface area (Å²) in [5, 5.41) is 3.35. The smallest absolute Gasteiger partial charge is 0.125 e. The first-order chi connectivity index (χ1) is 9.31. The molecule has 1 saturated heterocycles. The van der Waals surface area contributed by atoms with Crippen molar-refractivity contribution in [2.75, 3.05) is 13.1 Å². The average Bonchev–Trinajstić information content (AvgIpc) is 2.93. The molecule has 0 radical (unpaired) electrons. The zero-order chi connectivity index (χ0) is 13.1. The second kappa shape index (κ2) is 5.75. The summed E-state index contributed by atoms with van der Waals surface area (Å²) in [6.45, 7) is 5.12. The second-order valence-corrected chi connectivity index (χ2v) is 5.97. The quantitative estimate of drug-likeness (QED) is 0.863. The van der Waals surface area contributed by atoms with Crippen molar-refractivity contribution < 1.29 is 0 Å². The van der Waals surface area contributed by atoms with E-state index in [1.165, 1.54) is 17.8 Å². The first kappa shape index (κ1) is 12.7. The highest BCUT2D eigenvalue weighted by Crippen LogP contribution is 2.28. The fourth-order valence-corrected chi connectivity index (χ4v) is 3.43. The molecule has 1 fully saturated rings. The minimum atomic E-state index is 0.594. The molecule has 0 spiro atoms. The third-order valence-corrected chi connectivity index (χ3v) is 4.46. The van der Waals surface area contributed by atoms with E-state index in [4.69, 9.17) is 0 Å². The summed E-state index contributed by atoms with van der Waals surface area (Å²) in [6, 6.07) is 2.01. The highest BCUT2D eigenvalue weighted by molar-refractivity contribution is 7.09. The Labute approximate surface area is 117 Å². The van der Waals surface area contributed by atoms with E-state index in [0.29, 0.717) is 5.92 Å². The molecule has 4 nitrogen and oxygen atoms in total. The van der Waals surface area contributed by atoms with Crippen LogP contribution in [0.25, 0.3) is 0 Å². The molecule has 0 aromatic carbocycles. The molecule has 1 aliphatic heterocycles. The topological polar surface area (TPSA) is 41.9 Å². The van der Waals surface area contributed by atoms with Gasteiger partial charge in [-0.15, -0.1) is 11.3 Å². The van der Waals surface area contributed by atoms with Crippen molar-refractivity contribution in [3.8, 4) is 0 Å². The minimum Gasteiger partial charge on any atom is -0.297 e. The SMILES string of the molecule is Cc1nccc(CN2CCC[C@@H](c3nccs3)C2)n1. The zero-order valence-electron chi connectivity index (χ0n) is 11.1. The molecule has 1 atom stereocenters. The second-order valence-electron chi connectivity index (χ2n) is 5.04. The molecule has 2 aromatic rings. The molecule has 3 rings (SSSR count). The summed E-state index contributed by atoms with van der Waals surface area (Å²) >= 11 is 1.78. The van der Waals surface area contributed by atoms with E-state index in [0.717, 1.165) is 31.2 Å². The molecule has 0 aliphatic carbocycles. The highest BCUT2D eigenvalue weighted by Gasteiger charge is 2.23. The summed E-state index contributed by atoms with van der Waals surface area (Å²) in [4.78, 5) is 15.6. The van der Waals surface area contributed by atoms with Crippen LogP contribution in [0.4, 0.5) is 0 Å². The van der Waals surface area contributed by atoms with Gasteiger partial charge in [-0.2, -0.15) is 0 Å². The summed E-state index contributed by atoms with van der Waals surface area (Å²) in [5.41, 5.74) is 1.12. The van der Waals surface area contributed by atoms with Crippen LogP contribution in [-0.4, -0.2) is 32.9 Å². The Morgan fingerprint density at radius 2 is 2.32 bits per heavy atom. The Kier molecular flexibility index (Phi) is 3.84. The zero-order valence-corrected chi connectivity index (χ0v) is 11.9. The predicted octanol–water partition coefficient (Wildman–Crippen LogP) is 2.62. The van der Waals surface area contributed by atoms with Crippen LogP contribution in [0.5, 0.6) is 0 Å². The van der Waals surface area contributed by atoms with Gasteiger partial charge in [0.1, 0.15) is 5.82 Å². The number of rotatable bonds is 3. The van der Waals surface area contributed by atoms with Crippen LogP contribution in [0, 0.1) is 6.92 Å². The normalized spacial score (nSPS) is 20.6. The third kappa shape index (κ3) is 3.16. The van der Waals surface area contributed by atoms with Crippen LogP contribution in [0.15, 0.2) is 23.8 Å². The average molecular weight is 274 g/mol. The van der Waals surface area contributed by atoms with Crippen LogP contribution < -0.4 is 0 Å². The van der Waals surface area contributed by atoms with Crippen LogP contribution in [0.3, 0.4) is 0 Å². The molecule has 0 amide bonds. The lowest BCUT2D eigenvalue weighted by Crippen LogP contribution is -2.34. The van der Waals surface area contributed by atoms with Gasteiger partial charge in [-0.3, -0.25) is 4.90 Å². The van der Waals surface area contributed by atoms with Crippen molar-refractivity contribution in [2.24, 2.45) is 0 Å².